The molecule has 1 aromatic rings. The maximum atomic E-state index is 13.1. The Hall–Kier alpha value is -0.610. The van der Waals surface area contributed by atoms with E-state index in [0.29, 0.717) is 5.75 Å². The lowest BCUT2D eigenvalue weighted by atomic mass is 10.1. The average molecular weight is 218 g/mol. The number of hydrogen-bond acceptors (Lipinski definition) is 2. The predicted octanol–water partition coefficient (Wildman–Crippen LogP) is 2.75. The number of aliphatic hydroxyl groups excluding tert-OH is 1. The third-order valence-electron chi connectivity index (χ3n) is 1.82. The molecule has 0 aliphatic carbocycles. The van der Waals surface area contributed by atoms with Crippen LogP contribution >= 0.6 is 11.8 Å². The molecule has 0 saturated heterocycles. The van der Waals surface area contributed by atoms with Gasteiger partial charge in [0.15, 0.2) is 11.6 Å². The quantitative estimate of drug-likeness (QED) is 0.838. The van der Waals surface area contributed by atoms with Gasteiger partial charge in [-0.3, -0.25) is 0 Å². The molecule has 0 aliphatic heterocycles. The molecule has 0 saturated carbocycles. The lowest BCUT2D eigenvalue weighted by Gasteiger charge is -2.10. The van der Waals surface area contributed by atoms with Gasteiger partial charge in [-0.25, -0.2) is 8.78 Å². The van der Waals surface area contributed by atoms with Crippen LogP contribution in [0.5, 0.6) is 0 Å². The molecule has 0 bridgehead atoms. The van der Waals surface area contributed by atoms with E-state index in [1.165, 1.54) is 23.9 Å². The summed E-state index contributed by atoms with van der Waals surface area (Å²) >= 11 is 1.49. The lowest BCUT2D eigenvalue weighted by molar-refractivity contribution is 0.197. The van der Waals surface area contributed by atoms with E-state index >= 15 is 0 Å². The van der Waals surface area contributed by atoms with Gasteiger partial charge in [0, 0.05) is 11.3 Å². The minimum absolute atomic E-state index is 0.0333. The highest BCUT2D eigenvalue weighted by molar-refractivity contribution is 7.99. The van der Waals surface area contributed by atoms with E-state index in [0.717, 1.165) is 11.8 Å². The van der Waals surface area contributed by atoms with Crippen molar-refractivity contribution in [3.63, 3.8) is 0 Å². The number of thioether (sulfide) groups is 1. The second-order valence-corrected chi connectivity index (χ2v) is 4.14. The molecule has 0 radical (unpaired) electrons. The summed E-state index contributed by atoms with van der Waals surface area (Å²) in [6, 6.07) is 3.84. The first kappa shape index (κ1) is 11.5. The van der Waals surface area contributed by atoms with Gasteiger partial charge in [0.2, 0.25) is 0 Å². The summed E-state index contributed by atoms with van der Waals surface area (Å²) in [5.41, 5.74) is 0.0333. The minimum atomic E-state index is -0.947. The van der Waals surface area contributed by atoms with Crippen LogP contribution in [0.4, 0.5) is 8.78 Å². The molecule has 4 heteroatoms. The van der Waals surface area contributed by atoms with Crippen molar-refractivity contribution >= 4 is 11.8 Å². The second-order valence-electron chi connectivity index (χ2n) is 2.82. The van der Waals surface area contributed by atoms with Crippen LogP contribution in [0.15, 0.2) is 18.2 Å². The average Bonchev–Trinajstić information content (AvgIpc) is 2.18. The molecule has 0 spiro atoms. The Labute approximate surface area is 86.1 Å². The van der Waals surface area contributed by atoms with Crippen molar-refractivity contribution in [2.45, 2.75) is 13.0 Å². The molecule has 1 atom stereocenters. The molecule has 78 valence electrons. The standard InChI is InChI=1S/C10H12F2OS/c1-2-14-6-9(13)7-4-3-5-8(11)10(7)12/h3-5,9,13H,2,6H2,1H3. The molecule has 1 N–H and O–H groups in total. The predicted molar refractivity (Wildman–Crippen MR) is 54.3 cm³/mol. The zero-order chi connectivity index (χ0) is 10.6. The fourth-order valence-electron chi connectivity index (χ4n) is 1.10. The van der Waals surface area contributed by atoms with Crippen LogP contribution in [-0.4, -0.2) is 16.6 Å². The van der Waals surface area contributed by atoms with Crippen LogP contribution in [0, 0.1) is 11.6 Å². The zero-order valence-corrected chi connectivity index (χ0v) is 8.65. The van der Waals surface area contributed by atoms with E-state index in [1.54, 1.807) is 0 Å². The Morgan fingerprint density at radius 3 is 2.79 bits per heavy atom. The summed E-state index contributed by atoms with van der Waals surface area (Å²) in [5, 5.41) is 9.53. The van der Waals surface area contributed by atoms with Gasteiger partial charge >= 0.3 is 0 Å². The molecule has 1 rings (SSSR count). The minimum Gasteiger partial charge on any atom is -0.387 e. The van der Waals surface area contributed by atoms with Crippen molar-refractivity contribution in [3.05, 3.63) is 35.4 Å². The first-order chi connectivity index (χ1) is 6.66. The fraction of sp³-hybridized carbons (Fsp3) is 0.400. The Bertz CT molecular complexity index is 304. The van der Waals surface area contributed by atoms with Crippen LogP contribution in [0.1, 0.15) is 18.6 Å². The van der Waals surface area contributed by atoms with Gasteiger partial charge in [0.05, 0.1) is 6.10 Å². The van der Waals surface area contributed by atoms with Gasteiger partial charge in [-0.15, -0.1) is 0 Å². The Morgan fingerprint density at radius 1 is 1.43 bits per heavy atom. The lowest BCUT2D eigenvalue weighted by Crippen LogP contribution is -2.05. The molecule has 0 amide bonds. The van der Waals surface area contributed by atoms with E-state index in [4.69, 9.17) is 0 Å². The monoisotopic (exact) mass is 218 g/mol. The number of rotatable bonds is 4. The van der Waals surface area contributed by atoms with Gasteiger partial charge in [-0.1, -0.05) is 19.1 Å². The summed E-state index contributed by atoms with van der Waals surface area (Å²) in [5.74, 6) is -0.634. The number of hydrogen-bond donors (Lipinski definition) is 1. The maximum Gasteiger partial charge on any atom is 0.164 e. The smallest absolute Gasteiger partial charge is 0.164 e. The van der Waals surface area contributed by atoms with Crippen molar-refractivity contribution in [2.75, 3.05) is 11.5 Å². The number of halogens is 2. The van der Waals surface area contributed by atoms with Crippen molar-refractivity contribution in [1.82, 2.24) is 0 Å². The Balaban J connectivity index is 2.79. The van der Waals surface area contributed by atoms with Crippen LogP contribution in [-0.2, 0) is 0 Å². The van der Waals surface area contributed by atoms with E-state index in [9.17, 15) is 13.9 Å². The summed E-state index contributed by atoms with van der Waals surface area (Å²) in [4.78, 5) is 0. The van der Waals surface area contributed by atoms with E-state index in [1.807, 2.05) is 6.92 Å². The van der Waals surface area contributed by atoms with Crippen LogP contribution in [0.25, 0.3) is 0 Å². The molecule has 0 aliphatic rings. The van der Waals surface area contributed by atoms with Crippen LogP contribution < -0.4 is 0 Å². The van der Waals surface area contributed by atoms with Gasteiger partial charge in [-0.2, -0.15) is 11.8 Å². The first-order valence-electron chi connectivity index (χ1n) is 4.36. The topological polar surface area (TPSA) is 20.2 Å². The molecule has 0 fully saturated rings. The molecule has 14 heavy (non-hydrogen) atoms. The molecule has 1 unspecified atom stereocenters. The van der Waals surface area contributed by atoms with Gasteiger partial charge in [0.25, 0.3) is 0 Å². The van der Waals surface area contributed by atoms with Crippen LogP contribution in [0.2, 0.25) is 0 Å². The number of benzene rings is 1. The van der Waals surface area contributed by atoms with Crippen molar-refractivity contribution < 1.29 is 13.9 Å². The van der Waals surface area contributed by atoms with Crippen LogP contribution in [0.3, 0.4) is 0 Å². The maximum absolute atomic E-state index is 13.1. The fourth-order valence-corrected chi connectivity index (χ4v) is 1.74. The third-order valence-corrected chi connectivity index (χ3v) is 2.78. The zero-order valence-electron chi connectivity index (χ0n) is 7.84. The van der Waals surface area contributed by atoms with Gasteiger partial charge < -0.3 is 5.11 Å². The van der Waals surface area contributed by atoms with Crippen molar-refractivity contribution in [3.8, 4) is 0 Å². The summed E-state index contributed by atoms with van der Waals surface area (Å²) in [6.07, 6.45) is -0.935. The van der Waals surface area contributed by atoms with Gasteiger partial charge in [0.1, 0.15) is 0 Å². The highest BCUT2D eigenvalue weighted by atomic mass is 32.2. The summed E-state index contributed by atoms with van der Waals surface area (Å²) in [7, 11) is 0. The highest BCUT2D eigenvalue weighted by Gasteiger charge is 2.15. The normalized spacial score (nSPS) is 12.9. The molecule has 0 heterocycles. The van der Waals surface area contributed by atoms with Crippen molar-refractivity contribution in [2.24, 2.45) is 0 Å². The molecule has 0 aromatic heterocycles. The third kappa shape index (κ3) is 2.69. The molecule has 1 nitrogen and oxygen atoms in total. The summed E-state index contributed by atoms with van der Waals surface area (Å²) in [6.45, 7) is 1.94. The van der Waals surface area contributed by atoms with E-state index in [-0.39, 0.29) is 5.56 Å². The van der Waals surface area contributed by atoms with Gasteiger partial charge in [-0.05, 0) is 11.8 Å². The molecule has 1 aromatic carbocycles. The Kier molecular flexibility index (Phi) is 4.35. The highest BCUT2D eigenvalue weighted by Crippen LogP contribution is 2.22. The largest absolute Gasteiger partial charge is 0.387 e. The molecular weight excluding hydrogens is 206 g/mol. The first-order valence-corrected chi connectivity index (χ1v) is 5.52. The van der Waals surface area contributed by atoms with Crippen molar-refractivity contribution in [1.29, 1.82) is 0 Å². The Morgan fingerprint density at radius 2 is 2.14 bits per heavy atom. The summed E-state index contributed by atoms with van der Waals surface area (Å²) < 4.78 is 25.9. The van der Waals surface area contributed by atoms with E-state index < -0.39 is 17.7 Å². The molecular formula is C10H12F2OS. The SMILES string of the molecule is CCSCC(O)c1cccc(F)c1F. The van der Waals surface area contributed by atoms with E-state index in [2.05, 4.69) is 0 Å². The second kappa shape index (κ2) is 5.32. The number of aliphatic hydroxyl groups is 1.